The second-order valence-corrected chi connectivity index (χ2v) is 5.68. The summed E-state index contributed by atoms with van der Waals surface area (Å²) < 4.78 is 5.48. The van der Waals surface area contributed by atoms with Crippen molar-refractivity contribution in [1.82, 2.24) is 20.5 Å². The van der Waals surface area contributed by atoms with Crippen molar-refractivity contribution >= 4 is 5.95 Å². The number of hydrogen-bond donors (Lipinski definition) is 2. The summed E-state index contributed by atoms with van der Waals surface area (Å²) in [7, 11) is 0. The maximum atomic E-state index is 5.48. The van der Waals surface area contributed by atoms with Gasteiger partial charge >= 0.3 is 0 Å². The van der Waals surface area contributed by atoms with Crippen LogP contribution in [-0.2, 0) is 11.2 Å². The molecule has 21 heavy (non-hydrogen) atoms. The van der Waals surface area contributed by atoms with Crippen LogP contribution in [0.1, 0.15) is 38.9 Å². The zero-order chi connectivity index (χ0) is 14.9. The average Bonchev–Trinajstić information content (AvgIpc) is 2.99. The third-order valence-corrected chi connectivity index (χ3v) is 3.93. The Morgan fingerprint density at radius 1 is 1.29 bits per heavy atom. The van der Waals surface area contributed by atoms with Gasteiger partial charge in [0.1, 0.15) is 5.82 Å². The molecule has 6 nitrogen and oxygen atoms in total. The summed E-state index contributed by atoms with van der Waals surface area (Å²) in [6.45, 7) is 10.1. The fraction of sp³-hybridized carbons (Fsp3) is 0.867. The van der Waals surface area contributed by atoms with E-state index in [2.05, 4.69) is 39.2 Å². The van der Waals surface area contributed by atoms with Gasteiger partial charge in [0.15, 0.2) is 0 Å². The Morgan fingerprint density at radius 2 is 2.10 bits per heavy atom. The smallest absolute Gasteiger partial charge is 0.244 e. The van der Waals surface area contributed by atoms with Crippen LogP contribution in [0, 0.1) is 5.92 Å². The van der Waals surface area contributed by atoms with Crippen molar-refractivity contribution in [3.8, 4) is 0 Å². The van der Waals surface area contributed by atoms with Crippen LogP contribution in [0.3, 0.4) is 0 Å². The first-order chi connectivity index (χ1) is 10.3. The minimum atomic E-state index is 0.716. The van der Waals surface area contributed by atoms with Gasteiger partial charge in [0, 0.05) is 26.1 Å². The first-order valence-corrected chi connectivity index (χ1v) is 8.28. The van der Waals surface area contributed by atoms with Crippen molar-refractivity contribution in [2.24, 2.45) is 5.92 Å². The number of hydrogen-bond acceptors (Lipinski definition) is 5. The lowest BCUT2D eigenvalue weighted by atomic mass is 9.97. The minimum absolute atomic E-state index is 0.716. The summed E-state index contributed by atoms with van der Waals surface area (Å²) in [5.74, 6) is 2.57. The van der Waals surface area contributed by atoms with Gasteiger partial charge in [-0.25, -0.2) is 0 Å². The molecule has 1 aromatic heterocycles. The third kappa shape index (κ3) is 5.28. The molecule has 2 heterocycles. The lowest BCUT2D eigenvalue weighted by Crippen LogP contribution is -2.37. The topological polar surface area (TPSA) is 66.1 Å². The van der Waals surface area contributed by atoms with Crippen LogP contribution in [0.5, 0.6) is 0 Å². The molecular weight excluding hydrogens is 266 g/mol. The van der Waals surface area contributed by atoms with Crippen LogP contribution in [0.4, 0.5) is 5.95 Å². The molecule has 1 aliphatic rings. The normalized spacial score (nSPS) is 16.6. The van der Waals surface area contributed by atoms with Gasteiger partial charge in [0.05, 0.1) is 6.61 Å². The highest BCUT2D eigenvalue weighted by Gasteiger charge is 2.21. The maximum absolute atomic E-state index is 5.48. The van der Waals surface area contributed by atoms with Gasteiger partial charge in [-0.2, -0.15) is 4.98 Å². The molecule has 0 unspecified atom stereocenters. The van der Waals surface area contributed by atoms with Gasteiger partial charge in [-0.1, -0.05) is 13.8 Å². The van der Waals surface area contributed by atoms with E-state index in [0.29, 0.717) is 6.61 Å². The Hall–Kier alpha value is -1.14. The molecule has 1 saturated heterocycles. The standard InChI is InChI=1S/C15H29N5O/c1-3-10-21-11-7-14-17-15(19-18-14)20-8-5-13(6-9-20)12-16-4-2/h13,16H,3-12H2,1-2H3,(H,17,18,19). The Morgan fingerprint density at radius 3 is 2.81 bits per heavy atom. The van der Waals surface area contributed by atoms with Crippen molar-refractivity contribution in [2.75, 3.05) is 44.3 Å². The zero-order valence-corrected chi connectivity index (χ0v) is 13.4. The lowest BCUT2D eigenvalue weighted by molar-refractivity contribution is 0.136. The van der Waals surface area contributed by atoms with Crippen molar-refractivity contribution in [3.63, 3.8) is 0 Å². The molecule has 0 aliphatic carbocycles. The van der Waals surface area contributed by atoms with Crippen LogP contribution >= 0.6 is 0 Å². The summed E-state index contributed by atoms with van der Waals surface area (Å²) >= 11 is 0. The summed E-state index contributed by atoms with van der Waals surface area (Å²) in [4.78, 5) is 6.87. The van der Waals surface area contributed by atoms with E-state index in [1.165, 1.54) is 12.8 Å². The molecule has 1 fully saturated rings. The highest BCUT2D eigenvalue weighted by molar-refractivity contribution is 5.29. The first kappa shape index (κ1) is 16.2. The third-order valence-electron chi connectivity index (χ3n) is 3.93. The van der Waals surface area contributed by atoms with E-state index in [4.69, 9.17) is 4.74 Å². The van der Waals surface area contributed by atoms with Crippen molar-refractivity contribution in [2.45, 2.75) is 39.5 Å². The van der Waals surface area contributed by atoms with E-state index >= 15 is 0 Å². The van der Waals surface area contributed by atoms with Crippen LogP contribution < -0.4 is 10.2 Å². The van der Waals surface area contributed by atoms with Crippen molar-refractivity contribution < 1.29 is 4.74 Å². The first-order valence-electron chi connectivity index (χ1n) is 8.28. The van der Waals surface area contributed by atoms with Gasteiger partial charge in [0.25, 0.3) is 0 Å². The summed E-state index contributed by atoms with van der Waals surface area (Å²) in [6.07, 6.45) is 4.31. The molecule has 6 heteroatoms. The van der Waals surface area contributed by atoms with E-state index in [-0.39, 0.29) is 0 Å². The molecular formula is C15H29N5O. The Labute approximate surface area is 127 Å². The number of aromatic nitrogens is 3. The Kier molecular flexibility index (Phi) is 6.95. The van der Waals surface area contributed by atoms with E-state index in [1.807, 2.05) is 0 Å². The Balaban J connectivity index is 1.72. The van der Waals surface area contributed by atoms with Crippen LogP contribution in [-0.4, -0.2) is 54.6 Å². The second-order valence-electron chi connectivity index (χ2n) is 5.68. The number of aromatic amines is 1. The molecule has 2 N–H and O–H groups in total. The number of anilines is 1. The predicted octanol–water partition coefficient (Wildman–Crippen LogP) is 1.60. The Bertz CT molecular complexity index is 387. The highest BCUT2D eigenvalue weighted by Crippen LogP contribution is 2.20. The fourth-order valence-electron chi connectivity index (χ4n) is 2.64. The molecule has 2 rings (SSSR count). The molecule has 0 atom stereocenters. The van der Waals surface area contributed by atoms with Gasteiger partial charge in [-0.15, -0.1) is 5.10 Å². The second kappa shape index (κ2) is 9.00. The van der Waals surface area contributed by atoms with Crippen molar-refractivity contribution in [1.29, 1.82) is 0 Å². The SMILES string of the molecule is CCCOCCc1nc(N2CCC(CNCC)CC2)n[nH]1. The van der Waals surface area contributed by atoms with Gasteiger partial charge in [-0.05, 0) is 38.3 Å². The number of nitrogens with one attached hydrogen (secondary N) is 2. The van der Waals surface area contributed by atoms with Crippen molar-refractivity contribution in [3.05, 3.63) is 5.82 Å². The molecule has 1 aliphatic heterocycles. The summed E-state index contributed by atoms with van der Waals surface area (Å²) in [5.41, 5.74) is 0. The molecule has 0 spiro atoms. The molecule has 0 saturated carbocycles. The quantitative estimate of drug-likeness (QED) is 0.677. The predicted molar refractivity (Wildman–Crippen MR) is 84.7 cm³/mol. The van der Waals surface area contributed by atoms with Gasteiger partial charge in [-0.3, -0.25) is 5.10 Å². The fourth-order valence-corrected chi connectivity index (χ4v) is 2.64. The van der Waals surface area contributed by atoms with E-state index in [9.17, 15) is 0 Å². The lowest BCUT2D eigenvalue weighted by Gasteiger charge is -2.31. The van der Waals surface area contributed by atoms with E-state index < -0.39 is 0 Å². The molecule has 0 aromatic carbocycles. The molecule has 0 radical (unpaired) electrons. The summed E-state index contributed by atoms with van der Waals surface area (Å²) in [6, 6.07) is 0. The van der Waals surface area contributed by atoms with E-state index in [0.717, 1.165) is 63.3 Å². The summed E-state index contributed by atoms with van der Waals surface area (Å²) in [5, 5.41) is 10.8. The monoisotopic (exact) mass is 295 g/mol. The van der Waals surface area contributed by atoms with Crippen LogP contribution in [0.25, 0.3) is 0 Å². The minimum Gasteiger partial charge on any atom is -0.381 e. The molecule has 120 valence electrons. The van der Waals surface area contributed by atoms with E-state index in [1.54, 1.807) is 0 Å². The molecule has 1 aromatic rings. The maximum Gasteiger partial charge on any atom is 0.244 e. The highest BCUT2D eigenvalue weighted by atomic mass is 16.5. The van der Waals surface area contributed by atoms with Gasteiger partial charge in [0.2, 0.25) is 5.95 Å². The largest absolute Gasteiger partial charge is 0.381 e. The number of rotatable bonds is 9. The number of piperidine rings is 1. The molecule has 0 bridgehead atoms. The average molecular weight is 295 g/mol. The molecule has 0 amide bonds. The van der Waals surface area contributed by atoms with Gasteiger partial charge < -0.3 is 15.0 Å². The number of H-pyrrole nitrogens is 1. The number of nitrogens with zero attached hydrogens (tertiary/aromatic N) is 3. The van der Waals surface area contributed by atoms with Crippen LogP contribution in [0.2, 0.25) is 0 Å². The zero-order valence-electron chi connectivity index (χ0n) is 13.4. The van der Waals surface area contributed by atoms with Crippen LogP contribution in [0.15, 0.2) is 0 Å². The number of ether oxygens (including phenoxy) is 1.